The van der Waals surface area contributed by atoms with Crippen LogP contribution in [0.3, 0.4) is 0 Å². The zero-order valence-electron chi connectivity index (χ0n) is 11.2. The second kappa shape index (κ2) is 5.74. The van der Waals surface area contributed by atoms with E-state index in [-0.39, 0.29) is 0 Å². The largest absolute Gasteiger partial charge is 0.467 e. The van der Waals surface area contributed by atoms with Gasteiger partial charge in [-0.3, -0.25) is 0 Å². The molecule has 1 aromatic heterocycles. The molecule has 2 aromatic rings. The molecule has 96 valence electrons. The van der Waals surface area contributed by atoms with Gasteiger partial charge in [0.25, 0.3) is 0 Å². The highest BCUT2D eigenvalue weighted by Gasteiger charge is 2.10. The predicted molar refractivity (Wildman–Crippen MR) is 74.8 cm³/mol. The van der Waals surface area contributed by atoms with Crippen LogP contribution in [0.1, 0.15) is 16.9 Å². The summed E-state index contributed by atoms with van der Waals surface area (Å²) >= 11 is 0. The SMILES string of the molecule is CNCc1ccoc1CN(C)c1ccccc1C. The molecule has 0 amide bonds. The summed E-state index contributed by atoms with van der Waals surface area (Å²) in [6.45, 7) is 3.75. The van der Waals surface area contributed by atoms with E-state index in [1.54, 1.807) is 6.26 Å². The Morgan fingerprint density at radius 2 is 2.00 bits per heavy atom. The lowest BCUT2D eigenvalue weighted by Gasteiger charge is -2.20. The molecule has 0 aliphatic carbocycles. The molecule has 0 atom stereocenters. The molecule has 0 bridgehead atoms. The molecule has 1 heterocycles. The third-order valence-electron chi connectivity index (χ3n) is 3.11. The number of nitrogens with zero attached hydrogens (tertiary/aromatic N) is 1. The highest BCUT2D eigenvalue weighted by Crippen LogP contribution is 2.21. The monoisotopic (exact) mass is 244 g/mol. The Morgan fingerprint density at radius 3 is 2.72 bits per heavy atom. The molecule has 1 aromatic carbocycles. The molecule has 0 radical (unpaired) electrons. The number of anilines is 1. The molecule has 3 nitrogen and oxygen atoms in total. The van der Waals surface area contributed by atoms with Crippen LogP contribution in [-0.4, -0.2) is 14.1 Å². The first-order valence-electron chi connectivity index (χ1n) is 6.19. The number of para-hydroxylation sites is 1. The molecule has 0 spiro atoms. The Morgan fingerprint density at radius 1 is 1.22 bits per heavy atom. The maximum absolute atomic E-state index is 5.57. The highest BCUT2D eigenvalue weighted by molar-refractivity contribution is 5.52. The summed E-state index contributed by atoms with van der Waals surface area (Å²) in [4.78, 5) is 2.22. The normalized spacial score (nSPS) is 10.6. The Labute approximate surface area is 108 Å². The zero-order chi connectivity index (χ0) is 13.0. The minimum Gasteiger partial charge on any atom is -0.467 e. The standard InChI is InChI=1S/C15H20N2O/c1-12-6-4-5-7-14(12)17(3)11-15-13(10-16-2)8-9-18-15/h4-9,16H,10-11H2,1-3H3. The Hall–Kier alpha value is -1.74. The molecule has 0 unspecified atom stereocenters. The number of hydrogen-bond acceptors (Lipinski definition) is 3. The average molecular weight is 244 g/mol. The minimum absolute atomic E-state index is 0.787. The average Bonchev–Trinajstić information content (AvgIpc) is 2.78. The van der Waals surface area contributed by atoms with Crippen molar-refractivity contribution in [1.82, 2.24) is 5.32 Å². The van der Waals surface area contributed by atoms with Crippen LogP contribution < -0.4 is 10.2 Å². The van der Waals surface area contributed by atoms with Gasteiger partial charge in [-0.05, 0) is 31.7 Å². The van der Waals surface area contributed by atoms with Crippen molar-refractivity contribution in [1.29, 1.82) is 0 Å². The summed E-state index contributed by atoms with van der Waals surface area (Å²) < 4.78 is 5.57. The fourth-order valence-corrected chi connectivity index (χ4v) is 2.15. The van der Waals surface area contributed by atoms with E-state index in [9.17, 15) is 0 Å². The first-order chi connectivity index (χ1) is 8.72. The van der Waals surface area contributed by atoms with Gasteiger partial charge in [0.1, 0.15) is 5.76 Å². The quantitative estimate of drug-likeness (QED) is 0.876. The second-order valence-corrected chi connectivity index (χ2v) is 4.54. The van der Waals surface area contributed by atoms with E-state index < -0.39 is 0 Å². The number of benzene rings is 1. The van der Waals surface area contributed by atoms with Gasteiger partial charge in [0.15, 0.2) is 0 Å². The molecule has 0 aliphatic rings. The van der Waals surface area contributed by atoms with Crippen LogP contribution in [0.25, 0.3) is 0 Å². The van der Waals surface area contributed by atoms with E-state index in [0.717, 1.165) is 18.8 Å². The first-order valence-corrected chi connectivity index (χ1v) is 6.19. The van der Waals surface area contributed by atoms with Crippen molar-refractivity contribution in [2.24, 2.45) is 0 Å². The summed E-state index contributed by atoms with van der Waals surface area (Å²) in [5, 5.41) is 3.16. The van der Waals surface area contributed by atoms with Crippen LogP contribution in [0.2, 0.25) is 0 Å². The molecule has 0 saturated heterocycles. The van der Waals surface area contributed by atoms with E-state index >= 15 is 0 Å². The molecule has 1 N–H and O–H groups in total. The topological polar surface area (TPSA) is 28.4 Å². The van der Waals surface area contributed by atoms with Crippen molar-refractivity contribution in [2.75, 3.05) is 19.0 Å². The Kier molecular flexibility index (Phi) is 4.05. The third-order valence-corrected chi connectivity index (χ3v) is 3.11. The van der Waals surface area contributed by atoms with Gasteiger partial charge in [-0.1, -0.05) is 18.2 Å². The van der Waals surface area contributed by atoms with Crippen LogP contribution in [0.4, 0.5) is 5.69 Å². The van der Waals surface area contributed by atoms with E-state index in [4.69, 9.17) is 4.42 Å². The predicted octanol–water partition coefficient (Wildman–Crippen LogP) is 2.94. The van der Waals surface area contributed by atoms with Crippen molar-refractivity contribution in [3.05, 3.63) is 53.5 Å². The molecule has 0 fully saturated rings. The summed E-state index contributed by atoms with van der Waals surface area (Å²) in [5.41, 5.74) is 3.74. The van der Waals surface area contributed by atoms with Gasteiger partial charge >= 0.3 is 0 Å². The van der Waals surface area contributed by atoms with E-state index in [0.29, 0.717) is 0 Å². The van der Waals surface area contributed by atoms with Crippen molar-refractivity contribution in [3.8, 4) is 0 Å². The van der Waals surface area contributed by atoms with E-state index in [1.807, 2.05) is 13.1 Å². The smallest absolute Gasteiger partial charge is 0.127 e. The Balaban J connectivity index is 2.14. The number of rotatable bonds is 5. The summed E-state index contributed by atoms with van der Waals surface area (Å²) in [5.74, 6) is 1.02. The van der Waals surface area contributed by atoms with Gasteiger partial charge < -0.3 is 14.6 Å². The molecular formula is C15H20N2O. The number of furan rings is 1. The van der Waals surface area contributed by atoms with Crippen LogP contribution in [0.15, 0.2) is 41.0 Å². The van der Waals surface area contributed by atoms with Gasteiger partial charge in [-0.25, -0.2) is 0 Å². The van der Waals surface area contributed by atoms with Gasteiger partial charge in [0, 0.05) is 24.8 Å². The molecule has 3 heteroatoms. The van der Waals surface area contributed by atoms with Gasteiger partial charge in [0.2, 0.25) is 0 Å². The maximum Gasteiger partial charge on any atom is 0.127 e. The van der Waals surface area contributed by atoms with Crippen molar-refractivity contribution in [2.45, 2.75) is 20.0 Å². The molecule has 18 heavy (non-hydrogen) atoms. The van der Waals surface area contributed by atoms with E-state index in [2.05, 4.69) is 48.5 Å². The van der Waals surface area contributed by atoms with Crippen LogP contribution in [0.5, 0.6) is 0 Å². The minimum atomic E-state index is 0.787. The zero-order valence-corrected chi connectivity index (χ0v) is 11.2. The third kappa shape index (κ3) is 2.74. The molecular weight excluding hydrogens is 224 g/mol. The summed E-state index contributed by atoms with van der Waals surface area (Å²) in [7, 11) is 4.04. The van der Waals surface area contributed by atoms with Gasteiger partial charge in [0.05, 0.1) is 12.8 Å². The van der Waals surface area contributed by atoms with Crippen molar-refractivity contribution >= 4 is 5.69 Å². The molecule has 0 aliphatic heterocycles. The van der Waals surface area contributed by atoms with Gasteiger partial charge in [-0.2, -0.15) is 0 Å². The summed E-state index contributed by atoms with van der Waals surface area (Å²) in [6, 6.07) is 10.4. The maximum atomic E-state index is 5.57. The lowest BCUT2D eigenvalue weighted by molar-refractivity contribution is 0.501. The number of hydrogen-bond donors (Lipinski definition) is 1. The van der Waals surface area contributed by atoms with Crippen molar-refractivity contribution in [3.63, 3.8) is 0 Å². The number of nitrogens with one attached hydrogen (secondary N) is 1. The lowest BCUT2D eigenvalue weighted by atomic mass is 10.1. The second-order valence-electron chi connectivity index (χ2n) is 4.54. The van der Waals surface area contributed by atoms with Crippen LogP contribution in [0, 0.1) is 6.92 Å². The first kappa shape index (κ1) is 12.7. The van der Waals surface area contributed by atoms with Crippen LogP contribution in [-0.2, 0) is 13.1 Å². The van der Waals surface area contributed by atoms with Crippen LogP contribution >= 0.6 is 0 Å². The lowest BCUT2D eigenvalue weighted by Crippen LogP contribution is -2.18. The highest BCUT2D eigenvalue weighted by atomic mass is 16.3. The van der Waals surface area contributed by atoms with E-state index in [1.165, 1.54) is 16.8 Å². The fourth-order valence-electron chi connectivity index (χ4n) is 2.15. The van der Waals surface area contributed by atoms with Crippen molar-refractivity contribution < 1.29 is 4.42 Å². The summed E-state index contributed by atoms with van der Waals surface area (Å²) in [6.07, 6.45) is 1.76. The Bertz CT molecular complexity index is 505. The number of aryl methyl sites for hydroxylation is 1. The molecule has 0 saturated carbocycles. The fraction of sp³-hybridized carbons (Fsp3) is 0.333. The van der Waals surface area contributed by atoms with Gasteiger partial charge in [-0.15, -0.1) is 0 Å². The molecule has 2 rings (SSSR count).